The molecule has 0 aromatic heterocycles. The van der Waals surface area contributed by atoms with Gasteiger partial charge in [0.25, 0.3) is 10.0 Å². The van der Waals surface area contributed by atoms with Gasteiger partial charge in [-0.2, -0.15) is 13.2 Å². The Hall–Kier alpha value is -2.22. The van der Waals surface area contributed by atoms with Crippen molar-refractivity contribution in [3.63, 3.8) is 0 Å². The number of nitrogens with one attached hydrogen (secondary N) is 1. The monoisotopic (exact) mass is 359 g/mol. The topological polar surface area (TPSA) is 55.4 Å². The zero-order valence-electron chi connectivity index (χ0n) is 13.0. The standard InChI is InChI=1S/C16H16F3NO3S/c1-3-23-15-9-6-12(10-14(15)16(17,18)19)20-24(21,22)13-7-4-11(2)5-8-13/h4-10,20H,3H2,1-2H3. The molecule has 0 aliphatic heterocycles. The molecule has 8 heteroatoms. The van der Waals surface area contributed by atoms with Crippen LogP contribution < -0.4 is 9.46 Å². The lowest BCUT2D eigenvalue weighted by atomic mass is 10.1. The van der Waals surface area contributed by atoms with E-state index in [-0.39, 0.29) is 22.9 Å². The van der Waals surface area contributed by atoms with E-state index in [1.165, 1.54) is 18.2 Å². The molecule has 0 atom stereocenters. The number of anilines is 1. The van der Waals surface area contributed by atoms with Gasteiger partial charge in [-0.25, -0.2) is 8.42 Å². The Morgan fingerprint density at radius 3 is 2.25 bits per heavy atom. The van der Waals surface area contributed by atoms with Gasteiger partial charge in [-0.1, -0.05) is 17.7 Å². The molecule has 2 rings (SSSR count). The number of ether oxygens (including phenoxy) is 1. The minimum atomic E-state index is -4.66. The van der Waals surface area contributed by atoms with Crippen LogP contribution >= 0.6 is 0 Å². The average molecular weight is 359 g/mol. The molecule has 0 fully saturated rings. The second-order valence-corrected chi connectivity index (χ2v) is 6.74. The van der Waals surface area contributed by atoms with Crippen molar-refractivity contribution in [1.29, 1.82) is 0 Å². The molecule has 2 aromatic rings. The fraction of sp³-hybridized carbons (Fsp3) is 0.250. The highest BCUT2D eigenvalue weighted by Crippen LogP contribution is 2.38. The molecule has 0 saturated carbocycles. The highest BCUT2D eigenvalue weighted by atomic mass is 32.2. The van der Waals surface area contributed by atoms with E-state index < -0.39 is 21.8 Å². The molecule has 0 aliphatic carbocycles. The van der Waals surface area contributed by atoms with E-state index in [0.717, 1.165) is 17.7 Å². The molecule has 0 unspecified atom stereocenters. The number of rotatable bonds is 5. The van der Waals surface area contributed by atoms with Crippen molar-refractivity contribution < 1.29 is 26.3 Å². The first kappa shape index (κ1) is 18.1. The lowest BCUT2D eigenvalue weighted by Gasteiger charge is -2.15. The molecule has 0 saturated heterocycles. The van der Waals surface area contributed by atoms with E-state index in [1.54, 1.807) is 26.0 Å². The van der Waals surface area contributed by atoms with Crippen LogP contribution in [0, 0.1) is 6.92 Å². The first-order valence-corrected chi connectivity index (χ1v) is 8.55. The smallest absolute Gasteiger partial charge is 0.420 e. The Labute approximate surface area is 138 Å². The van der Waals surface area contributed by atoms with E-state index in [1.807, 2.05) is 0 Å². The van der Waals surface area contributed by atoms with Crippen LogP contribution in [-0.2, 0) is 16.2 Å². The molecule has 0 bridgehead atoms. The molecule has 0 amide bonds. The van der Waals surface area contributed by atoms with Gasteiger partial charge in [-0.3, -0.25) is 4.72 Å². The van der Waals surface area contributed by atoms with Crippen molar-refractivity contribution in [1.82, 2.24) is 0 Å². The average Bonchev–Trinajstić information content (AvgIpc) is 2.48. The van der Waals surface area contributed by atoms with Gasteiger partial charge in [0.1, 0.15) is 5.75 Å². The molecular formula is C16H16F3NO3S. The summed E-state index contributed by atoms with van der Waals surface area (Å²) in [6.07, 6.45) is -4.66. The van der Waals surface area contributed by atoms with Crippen molar-refractivity contribution in [2.24, 2.45) is 0 Å². The normalized spacial score (nSPS) is 12.0. The van der Waals surface area contributed by atoms with E-state index in [2.05, 4.69) is 4.72 Å². The summed E-state index contributed by atoms with van der Waals surface area (Å²) in [7, 11) is -3.98. The predicted molar refractivity (Wildman–Crippen MR) is 84.6 cm³/mol. The molecule has 0 heterocycles. The van der Waals surface area contributed by atoms with Crippen LogP contribution in [0.15, 0.2) is 47.4 Å². The summed E-state index contributed by atoms with van der Waals surface area (Å²) in [4.78, 5) is -0.0319. The van der Waals surface area contributed by atoms with Gasteiger partial charge in [0, 0.05) is 5.69 Å². The van der Waals surface area contributed by atoms with Crippen molar-refractivity contribution in [3.05, 3.63) is 53.6 Å². The van der Waals surface area contributed by atoms with Gasteiger partial charge in [0.15, 0.2) is 0 Å². The number of halogens is 3. The molecule has 24 heavy (non-hydrogen) atoms. The summed E-state index contributed by atoms with van der Waals surface area (Å²) >= 11 is 0. The molecule has 0 radical (unpaired) electrons. The number of sulfonamides is 1. The third-order valence-corrected chi connectivity index (χ3v) is 4.57. The van der Waals surface area contributed by atoms with Crippen LogP contribution in [0.1, 0.15) is 18.1 Å². The Kier molecular flexibility index (Phi) is 5.08. The van der Waals surface area contributed by atoms with Crippen LogP contribution in [0.4, 0.5) is 18.9 Å². The molecule has 0 aliphatic rings. The molecule has 4 nitrogen and oxygen atoms in total. The third-order valence-electron chi connectivity index (χ3n) is 3.17. The van der Waals surface area contributed by atoms with Gasteiger partial charge in [-0.15, -0.1) is 0 Å². The van der Waals surface area contributed by atoms with E-state index in [4.69, 9.17) is 4.74 Å². The zero-order chi connectivity index (χ0) is 18.0. The van der Waals surface area contributed by atoms with Gasteiger partial charge in [0.05, 0.1) is 17.1 Å². The predicted octanol–water partition coefficient (Wildman–Crippen LogP) is 4.21. The quantitative estimate of drug-likeness (QED) is 0.870. The third kappa shape index (κ3) is 4.19. The lowest BCUT2D eigenvalue weighted by Crippen LogP contribution is -2.15. The maximum atomic E-state index is 13.1. The highest BCUT2D eigenvalue weighted by molar-refractivity contribution is 7.92. The van der Waals surface area contributed by atoms with Crippen LogP contribution in [0.5, 0.6) is 5.75 Å². The minimum Gasteiger partial charge on any atom is -0.493 e. The Morgan fingerprint density at radius 1 is 1.08 bits per heavy atom. The van der Waals surface area contributed by atoms with Crippen molar-refractivity contribution in [2.45, 2.75) is 24.9 Å². The first-order chi connectivity index (χ1) is 11.1. The van der Waals surface area contributed by atoms with Crippen LogP contribution in [0.2, 0.25) is 0 Å². The van der Waals surface area contributed by atoms with Gasteiger partial charge >= 0.3 is 6.18 Å². The molecule has 0 spiro atoms. The van der Waals surface area contributed by atoms with E-state index >= 15 is 0 Å². The van der Waals surface area contributed by atoms with Crippen LogP contribution in [-0.4, -0.2) is 15.0 Å². The fourth-order valence-electron chi connectivity index (χ4n) is 2.03. The molecule has 2 aromatic carbocycles. The number of benzene rings is 2. The number of hydrogen-bond donors (Lipinski definition) is 1. The Morgan fingerprint density at radius 2 is 1.71 bits per heavy atom. The molecule has 130 valence electrons. The highest BCUT2D eigenvalue weighted by Gasteiger charge is 2.35. The largest absolute Gasteiger partial charge is 0.493 e. The van der Waals surface area contributed by atoms with Crippen molar-refractivity contribution >= 4 is 15.7 Å². The fourth-order valence-corrected chi connectivity index (χ4v) is 3.08. The van der Waals surface area contributed by atoms with Crippen LogP contribution in [0.25, 0.3) is 0 Å². The maximum Gasteiger partial charge on any atom is 0.420 e. The summed E-state index contributed by atoms with van der Waals surface area (Å²) < 4.78 is 70.9. The summed E-state index contributed by atoms with van der Waals surface area (Å²) in [5, 5.41) is 0. The summed E-state index contributed by atoms with van der Waals surface area (Å²) in [6.45, 7) is 3.43. The summed E-state index contributed by atoms with van der Waals surface area (Å²) in [6, 6.07) is 9.03. The Bertz CT molecular complexity index is 815. The minimum absolute atomic E-state index is 0.0319. The summed E-state index contributed by atoms with van der Waals surface area (Å²) in [5.74, 6) is -0.344. The number of alkyl halides is 3. The van der Waals surface area contributed by atoms with Crippen molar-refractivity contribution in [2.75, 3.05) is 11.3 Å². The van der Waals surface area contributed by atoms with E-state index in [0.29, 0.717) is 0 Å². The maximum absolute atomic E-state index is 13.1. The summed E-state index contributed by atoms with van der Waals surface area (Å²) in [5.41, 5.74) is -0.353. The first-order valence-electron chi connectivity index (χ1n) is 7.07. The molecule has 1 N–H and O–H groups in total. The number of aryl methyl sites for hydroxylation is 1. The lowest BCUT2D eigenvalue weighted by molar-refractivity contribution is -0.138. The van der Waals surface area contributed by atoms with Gasteiger partial charge < -0.3 is 4.74 Å². The Balaban J connectivity index is 2.37. The van der Waals surface area contributed by atoms with Crippen molar-refractivity contribution in [3.8, 4) is 5.75 Å². The van der Waals surface area contributed by atoms with Gasteiger partial charge in [0.2, 0.25) is 0 Å². The second kappa shape index (κ2) is 6.72. The number of hydrogen-bond acceptors (Lipinski definition) is 3. The second-order valence-electron chi connectivity index (χ2n) is 5.06. The van der Waals surface area contributed by atoms with Crippen LogP contribution in [0.3, 0.4) is 0 Å². The SMILES string of the molecule is CCOc1ccc(NS(=O)(=O)c2ccc(C)cc2)cc1C(F)(F)F. The van der Waals surface area contributed by atoms with E-state index in [9.17, 15) is 21.6 Å². The molecular weight excluding hydrogens is 343 g/mol. The van der Waals surface area contributed by atoms with Gasteiger partial charge in [-0.05, 0) is 44.2 Å². The zero-order valence-corrected chi connectivity index (χ0v) is 13.8.